The Balaban J connectivity index is 2.89. The number of aromatic amines is 2. The van der Waals surface area contributed by atoms with Gasteiger partial charge in [0.05, 0.1) is 0 Å². The van der Waals surface area contributed by atoms with Gasteiger partial charge in [-0.15, -0.1) is 0 Å². The normalized spacial score (nSPS) is 14.8. The van der Waals surface area contributed by atoms with Gasteiger partial charge in [0.15, 0.2) is 0 Å². The van der Waals surface area contributed by atoms with Crippen molar-refractivity contribution in [2.75, 3.05) is 7.05 Å². The third kappa shape index (κ3) is 0.859. The standard InChI is InChI=1S/C7H5N3O4/c1-10-5(12)2-3(6(10)13)8-7(14)9-4(2)11/h1H3,(H2,8,9,11,14). The summed E-state index contributed by atoms with van der Waals surface area (Å²) < 4.78 is 0. The van der Waals surface area contributed by atoms with E-state index in [4.69, 9.17) is 0 Å². The zero-order valence-electron chi connectivity index (χ0n) is 7.08. The molecular weight excluding hydrogens is 190 g/mol. The number of hydrogen-bond donors (Lipinski definition) is 2. The van der Waals surface area contributed by atoms with Crippen LogP contribution in [-0.4, -0.2) is 33.7 Å². The molecule has 1 aliphatic rings. The van der Waals surface area contributed by atoms with E-state index in [-0.39, 0.29) is 11.3 Å². The second-order valence-corrected chi connectivity index (χ2v) is 2.83. The van der Waals surface area contributed by atoms with E-state index >= 15 is 0 Å². The highest BCUT2D eigenvalue weighted by Crippen LogP contribution is 2.13. The molecule has 0 fully saturated rings. The summed E-state index contributed by atoms with van der Waals surface area (Å²) >= 11 is 0. The minimum atomic E-state index is -0.841. The first kappa shape index (κ1) is 8.42. The second-order valence-electron chi connectivity index (χ2n) is 2.83. The lowest BCUT2D eigenvalue weighted by Crippen LogP contribution is -2.28. The lowest BCUT2D eigenvalue weighted by Gasteiger charge is -2.01. The van der Waals surface area contributed by atoms with Crippen molar-refractivity contribution < 1.29 is 9.59 Å². The monoisotopic (exact) mass is 195 g/mol. The first-order valence-corrected chi connectivity index (χ1v) is 3.71. The van der Waals surface area contributed by atoms with Gasteiger partial charge in [-0.25, -0.2) is 4.79 Å². The molecule has 0 atom stereocenters. The van der Waals surface area contributed by atoms with Crippen LogP contribution in [0.25, 0.3) is 0 Å². The molecule has 7 heteroatoms. The predicted molar refractivity (Wildman–Crippen MR) is 44.1 cm³/mol. The number of nitrogens with zero attached hydrogens (tertiary/aromatic N) is 1. The Morgan fingerprint density at radius 2 is 1.64 bits per heavy atom. The highest BCUT2D eigenvalue weighted by molar-refractivity contribution is 6.19. The molecule has 2 heterocycles. The summed E-state index contributed by atoms with van der Waals surface area (Å²) in [6.45, 7) is 0. The number of H-pyrrole nitrogens is 2. The fourth-order valence-corrected chi connectivity index (χ4v) is 1.28. The van der Waals surface area contributed by atoms with Crippen LogP contribution in [-0.2, 0) is 0 Å². The van der Waals surface area contributed by atoms with Crippen molar-refractivity contribution in [3.63, 3.8) is 0 Å². The highest BCUT2D eigenvalue weighted by Gasteiger charge is 2.36. The Kier molecular flexibility index (Phi) is 1.45. The maximum atomic E-state index is 11.3. The van der Waals surface area contributed by atoms with Crippen LogP contribution in [0.4, 0.5) is 0 Å². The van der Waals surface area contributed by atoms with Crippen molar-refractivity contribution in [1.29, 1.82) is 0 Å². The van der Waals surface area contributed by atoms with Crippen LogP contribution in [0.1, 0.15) is 20.8 Å². The van der Waals surface area contributed by atoms with Gasteiger partial charge < -0.3 is 4.98 Å². The van der Waals surface area contributed by atoms with Crippen LogP contribution in [0.5, 0.6) is 0 Å². The molecule has 2 rings (SSSR count). The Labute approximate surface area is 76.4 Å². The van der Waals surface area contributed by atoms with Crippen molar-refractivity contribution in [2.45, 2.75) is 0 Å². The maximum absolute atomic E-state index is 11.3. The third-order valence-corrected chi connectivity index (χ3v) is 1.98. The lowest BCUT2D eigenvalue weighted by atomic mass is 10.2. The smallest absolute Gasteiger partial charge is 0.302 e. The molecule has 0 aliphatic carbocycles. The number of carbonyl (C=O) groups is 2. The van der Waals surface area contributed by atoms with E-state index in [0.29, 0.717) is 0 Å². The van der Waals surface area contributed by atoms with E-state index in [0.717, 1.165) is 4.90 Å². The molecule has 1 aromatic rings. The summed E-state index contributed by atoms with van der Waals surface area (Å²) in [6, 6.07) is 0. The van der Waals surface area contributed by atoms with Crippen LogP contribution in [0.3, 0.4) is 0 Å². The van der Waals surface area contributed by atoms with Gasteiger partial charge in [0.2, 0.25) is 0 Å². The SMILES string of the molecule is CN1C(=O)c2[nH]c(=O)[nH]c(=O)c2C1=O. The molecule has 0 aromatic carbocycles. The average Bonchev–Trinajstić information content (AvgIpc) is 2.31. The van der Waals surface area contributed by atoms with Crippen LogP contribution in [0.15, 0.2) is 9.59 Å². The van der Waals surface area contributed by atoms with Gasteiger partial charge in [-0.05, 0) is 0 Å². The van der Waals surface area contributed by atoms with Gasteiger partial charge >= 0.3 is 5.69 Å². The maximum Gasteiger partial charge on any atom is 0.326 e. The minimum absolute atomic E-state index is 0.244. The number of rotatable bonds is 0. The average molecular weight is 195 g/mol. The molecule has 0 saturated carbocycles. The Bertz CT molecular complexity index is 553. The minimum Gasteiger partial charge on any atom is -0.302 e. The highest BCUT2D eigenvalue weighted by atomic mass is 16.2. The van der Waals surface area contributed by atoms with E-state index in [1.165, 1.54) is 7.05 Å². The number of aromatic nitrogens is 2. The first-order chi connectivity index (χ1) is 6.52. The molecule has 2 amide bonds. The number of amides is 2. The molecule has 72 valence electrons. The second kappa shape index (κ2) is 2.41. The molecule has 7 nitrogen and oxygen atoms in total. The number of fused-ring (bicyclic) bond motifs is 1. The molecule has 2 N–H and O–H groups in total. The Hall–Kier alpha value is -2.18. The predicted octanol–water partition coefficient (Wildman–Crippen LogP) is -1.71. The molecule has 0 spiro atoms. The van der Waals surface area contributed by atoms with Gasteiger partial charge in [-0.1, -0.05) is 0 Å². The largest absolute Gasteiger partial charge is 0.326 e. The molecule has 0 radical (unpaired) electrons. The van der Waals surface area contributed by atoms with Crippen LogP contribution < -0.4 is 11.2 Å². The van der Waals surface area contributed by atoms with Crippen molar-refractivity contribution in [3.05, 3.63) is 32.1 Å². The van der Waals surface area contributed by atoms with E-state index in [1.807, 2.05) is 4.98 Å². The van der Waals surface area contributed by atoms with Crippen molar-refractivity contribution >= 4 is 11.8 Å². The Morgan fingerprint density at radius 1 is 1.00 bits per heavy atom. The zero-order valence-corrected chi connectivity index (χ0v) is 7.08. The fraction of sp³-hybridized carbons (Fsp3) is 0.143. The van der Waals surface area contributed by atoms with Crippen LogP contribution in [0.2, 0.25) is 0 Å². The van der Waals surface area contributed by atoms with Gasteiger partial charge in [-0.3, -0.25) is 24.3 Å². The van der Waals surface area contributed by atoms with Crippen LogP contribution >= 0.6 is 0 Å². The topological polar surface area (TPSA) is 103 Å². The number of nitrogens with one attached hydrogen (secondary N) is 2. The number of imide groups is 1. The summed E-state index contributed by atoms with van der Waals surface area (Å²) in [6.07, 6.45) is 0. The van der Waals surface area contributed by atoms with Gasteiger partial charge in [-0.2, -0.15) is 0 Å². The molecule has 0 unspecified atom stereocenters. The number of hydrogen-bond acceptors (Lipinski definition) is 4. The summed E-state index contributed by atoms with van der Waals surface area (Å²) in [5, 5.41) is 0. The summed E-state index contributed by atoms with van der Waals surface area (Å²) in [4.78, 5) is 49.3. The van der Waals surface area contributed by atoms with Gasteiger partial charge in [0, 0.05) is 7.05 Å². The quantitative estimate of drug-likeness (QED) is 0.481. The fourth-order valence-electron chi connectivity index (χ4n) is 1.28. The van der Waals surface area contributed by atoms with E-state index in [2.05, 4.69) is 4.98 Å². The van der Waals surface area contributed by atoms with Crippen molar-refractivity contribution in [3.8, 4) is 0 Å². The Morgan fingerprint density at radius 3 is 2.29 bits per heavy atom. The summed E-state index contributed by atoms with van der Waals surface area (Å²) in [7, 11) is 1.24. The zero-order chi connectivity index (χ0) is 10.5. The van der Waals surface area contributed by atoms with Crippen molar-refractivity contribution in [2.24, 2.45) is 0 Å². The van der Waals surface area contributed by atoms with E-state index < -0.39 is 23.1 Å². The third-order valence-electron chi connectivity index (χ3n) is 1.98. The van der Waals surface area contributed by atoms with Crippen molar-refractivity contribution in [1.82, 2.24) is 14.9 Å². The molecule has 1 aromatic heterocycles. The molecule has 1 aliphatic heterocycles. The summed E-state index contributed by atoms with van der Waals surface area (Å²) in [5.74, 6) is -1.38. The lowest BCUT2D eigenvalue weighted by molar-refractivity contribution is 0.0691. The first-order valence-electron chi connectivity index (χ1n) is 3.71. The van der Waals surface area contributed by atoms with Gasteiger partial charge in [0.1, 0.15) is 11.3 Å². The number of carbonyl (C=O) groups excluding carboxylic acids is 2. The summed E-state index contributed by atoms with van der Waals surface area (Å²) in [5.41, 5.74) is -2.19. The van der Waals surface area contributed by atoms with Crippen LogP contribution in [0, 0.1) is 0 Å². The molecule has 0 bridgehead atoms. The van der Waals surface area contributed by atoms with E-state index in [1.54, 1.807) is 0 Å². The molecule has 0 saturated heterocycles. The molecule has 14 heavy (non-hydrogen) atoms. The molecular formula is C7H5N3O4. The van der Waals surface area contributed by atoms with Gasteiger partial charge in [0.25, 0.3) is 17.4 Å². The van der Waals surface area contributed by atoms with E-state index in [9.17, 15) is 19.2 Å².